The highest BCUT2D eigenvalue weighted by Gasteiger charge is 2.49. The van der Waals surface area contributed by atoms with Gasteiger partial charge < -0.3 is 14.8 Å². The van der Waals surface area contributed by atoms with Gasteiger partial charge in [0.15, 0.2) is 5.78 Å². The zero-order valence-electron chi connectivity index (χ0n) is 21.7. The number of hydrogen-bond donors (Lipinski definition) is 1. The molecular weight excluding hydrogens is 506 g/mol. The third kappa shape index (κ3) is 5.41. The number of ketones is 1. The number of dihydropyridines is 1. The van der Waals surface area contributed by atoms with Gasteiger partial charge in [0.05, 0.1) is 18.8 Å². The van der Waals surface area contributed by atoms with E-state index in [1.807, 2.05) is 48.0 Å². The van der Waals surface area contributed by atoms with E-state index in [2.05, 4.69) is 12.2 Å². The number of hydrogen-bond acceptors (Lipinski definition) is 8. The van der Waals surface area contributed by atoms with Gasteiger partial charge in [-0.05, 0) is 62.1 Å². The summed E-state index contributed by atoms with van der Waals surface area (Å²) in [5.41, 5.74) is 3.30. The second-order valence-corrected chi connectivity index (χ2v) is 10.9. The lowest BCUT2D eigenvalue weighted by molar-refractivity contribution is -0.152. The van der Waals surface area contributed by atoms with Crippen LogP contribution in [0.3, 0.4) is 0 Å². The molecule has 2 aliphatic rings. The van der Waals surface area contributed by atoms with Crippen LogP contribution in [0.5, 0.6) is 0 Å². The van der Waals surface area contributed by atoms with Gasteiger partial charge in [0.25, 0.3) is 0 Å². The van der Waals surface area contributed by atoms with E-state index in [1.165, 1.54) is 11.3 Å². The molecule has 1 aromatic heterocycles. The summed E-state index contributed by atoms with van der Waals surface area (Å²) in [6, 6.07) is 11.8. The van der Waals surface area contributed by atoms with E-state index >= 15 is 0 Å². The highest BCUT2D eigenvalue weighted by molar-refractivity contribution is 7.98. The minimum Gasteiger partial charge on any atom is -0.465 e. The van der Waals surface area contributed by atoms with E-state index in [0.29, 0.717) is 24.0 Å². The summed E-state index contributed by atoms with van der Waals surface area (Å²) in [5.74, 6) is -3.17. The fraction of sp³-hybridized carbons (Fsp3) is 0.414. The maximum absolute atomic E-state index is 14.3. The summed E-state index contributed by atoms with van der Waals surface area (Å²) < 4.78 is 10.9. The Labute approximate surface area is 226 Å². The number of ether oxygens (including phenoxy) is 2. The summed E-state index contributed by atoms with van der Waals surface area (Å²) in [4.78, 5) is 43.0. The largest absolute Gasteiger partial charge is 0.465 e. The summed E-state index contributed by atoms with van der Waals surface area (Å²) in [5, 5.41) is 5.42. The smallest absolute Gasteiger partial charge is 0.336 e. The molecule has 0 fully saturated rings. The average molecular weight is 540 g/mol. The number of benzene rings is 1. The molecule has 1 aliphatic carbocycles. The number of allylic oxidation sites excluding steroid dienone is 3. The Morgan fingerprint density at radius 3 is 2.41 bits per heavy atom. The van der Waals surface area contributed by atoms with Gasteiger partial charge in [-0.25, -0.2) is 4.79 Å². The molecule has 0 saturated heterocycles. The van der Waals surface area contributed by atoms with E-state index in [4.69, 9.17) is 9.47 Å². The second kappa shape index (κ2) is 12.1. The van der Waals surface area contributed by atoms with Gasteiger partial charge >= 0.3 is 11.9 Å². The first-order valence-electron chi connectivity index (χ1n) is 12.7. The summed E-state index contributed by atoms with van der Waals surface area (Å²) in [6.07, 6.45) is 3.94. The van der Waals surface area contributed by atoms with Crippen LogP contribution in [0.25, 0.3) is 0 Å². The monoisotopic (exact) mass is 539 g/mol. The molecule has 8 heteroatoms. The van der Waals surface area contributed by atoms with Crippen molar-refractivity contribution < 1.29 is 23.9 Å². The number of thiophene rings is 1. The van der Waals surface area contributed by atoms with Crippen molar-refractivity contribution in [3.05, 3.63) is 74.8 Å². The number of rotatable bonds is 9. The highest BCUT2D eigenvalue weighted by atomic mass is 32.2. The quantitative estimate of drug-likeness (QED) is 0.239. The highest BCUT2D eigenvalue weighted by Crippen LogP contribution is 2.49. The maximum atomic E-state index is 14.3. The minimum absolute atomic E-state index is 0.193. The first kappa shape index (κ1) is 27.2. The first-order chi connectivity index (χ1) is 17.9. The molecule has 1 aromatic carbocycles. The van der Waals surface area contributed by atoms with E-state index < -0.39 is 23.8 Å². The molecule has 2 aromatic rings. The Morgan fingerprint density at radius 2 is 1.81 bits per heavy atom. The molecule has 0 saturated carbocycles. The van der Waals surface area contributed by atoms with Crippen LogP contribution < -0.4 is 5.32 Å². The Bertz CT molecular complexity index is 1210. The molecule has 0 radical (unpaired) electrons. The van der Waals surface area contributed by atoms with E-state index in [1.54, 1.807) is 25.6 Å². The van der Waals surface area contributed by atoms with Crippen LogP contribution in [0.4, 0.5) is 0 Å². The van der Waals surface area contributed by atoms with Crippen LogP contribution >= 0.6 is 23.1 Å². The lowest BCUT2D eigenvalue weighted by Crippen LogP contribution is -2.43. The average Bonchev–Trinajstić information content (AvgIpc) is 3.43. The predicted molar refractivity (Wildman–Crippen MR) is 146 cm³/mol. The number of thioether (sulfide) groups is 1. The van der Waals surface area contributed by atoms with Crippen LogP contribution in [-0.4, -0.2) is 37.2 Å². The third-order valence-corrected chi connectivity index (χ3v) is 8.55. The number of carbonyl (C=O) groups is 3. The van der Waals surface area contributed by atoms with Gasteiger partial charge in [-0.3, -0.25) is 9.59 Å². The normalized spacial score (nSPS) is 21.4. The van der Waals surface area contributed by atoms with Crippen LogP contribution in [0.1, 0.15) is 62.3 Å². The summed E-state index contributed by atoms with van der Waals surface area (Å²) in [7, 11) is 0. The fourth-order valence-corrected chi connectivity index (χ4v) is 6.52. The molecule has 0 amide bonds. The Hall–Kier alpha value is -2.84. The van der Waals surface area contributed by atoms with Crippen LogP contribution in [-0.2, 0) is 23.9 Å². The van der Waals surface area contributed by atoms with Gasteiger partial charge in [-0.1, -0.05) is 31.5 Å². The van der Waals surface area contributed by atoms with Gasteiger partial charge in [0.1, 0.15) is 5.92 Å². The Morgan fingerprint density at radius 1 is 1.08 bits per heavy atom. The van der Waals surface area contributed by atoms with Crippen molar-refractivity contribution in [1.29, 1.82) is 0 Å². The molecule has 3 unspecified atom stereocenters. The first-order valence-corrected chi connectivity index (χ1v) is 14.8. The van der Waals surface area contributed by atoms with Crippen molar-refractivity contribution in [2.45, 2.75) is 56.8 Å². The molecule has 1 aliphatic heterocycles. The predicted octanol–water partition coefficient (Wildman–Crippen LogP) is 5.96. The Balaban J connectivity index is 1.91. The molecule has 0 spiro atoms. The van der Waals surface area contributed by atoms with Gasteiger partial charge in [0.2, 0.25) is 0 Å². The van der Waals surface area contributed by atoms with E-state index in [9.17, 15) is 14.4 Å². The standard InChI is InChI=1S/C29H33NO5S2/c1-5-9-20-26(29(33)35-7-3)23(17-11-13-18(36-4)14-12-17)25-21(30-20)16-19(22-10-8-15-37-22)24(27(25)31)28(32)34-6-2/h8,10-15,19,23-24,30H,5-7,9,16H2,1-4H3. The van der Waals surface area contributed by atoms with Crippen molar-refractivity contribution in [2.24, 2.45) is 5.92 Å². The van der Waals surface area contributed by atoms with Crippen molar-refractivity contribution in [2.75, 3.05) is 19.5 Å². The molecule has 4 rings (SSSR count). The van der Waals surface area contributed by atoms with Crippen molar-refractivity contribution in [3.63, 3.8) is 0 Å². The SMILES string of the molecule is CCCC1=C(C(=O)OCC)C(c2ccc(SC)cc2)C2=C(CC(c3cccs3)C(C(=O)OCC)C2=O)N1. The molecular formula is C29H33NO5S2. The number of esters is 2. The molecule has 6 nitrogen and oxygen atoms in total. The molecule has 3 atom stereocenters. The third-order valence-electron chi connectivity index (χ3n) is 6.80. The van der Waals surface area contributed by atoms with Crippen LogP contribution in [0.15, 0.2) is 69.2 Å². The van der Waals surface area contributed by atoms with Crippen molar-refractivity contribution >= 4 is 40.8 Å². The van der Waals surface area contributed by atoms with Gasteiger partial charge in [0, 0.05) is 38.6 Å². The Kier molecular flexibility index (Phi) is 8.92. The van der Waals surface area contributed by atoms with Gasteiger partial charge in [-0.2, -0.15) is 0 Å². The number of carbonyl (C=O) groups excluding carboxylic acids is 3. The second-order valence-electron chi connectivity index (χ2n) is 9.01. The molecule has 1 N–H and O–H groups in total. The lowest BCUT2D eigenvalue weighted by Gasteiger charge is -2.39. The molecule has 37 heavy (non-hydrogen) atoms. The van der Waals surface area contributed by atoms with E-state index in [0.717, 1.165) is 33.2 Å². The zero-order chi connectivity index (χ0) is 26.5. The fourth-order valence-electron chi connectivity index (χ4n) is 5.25. The van der Waals surface area contributed by atoms with Crippen LogP contribution in [0, 0.1) is 5.92 Å². The van der Waals surface area contributed by atoms with Gasteiger partial charge in [-0.15, -0.1) is 23.1 Å². The van der Waals surface area contributed by atoms with Crippen molar-refractivity contribution in [1.82, 2.24) is 5.32 Å². The van der Waals surface area contributed by atoms with Crippen LogP contribution in [0.2, 0.25) is 0 Å². The molecule has 196 valence electrons. The number of Topliss-reactive ketones (excluding diaryl/α,β-unsaturated/α-hetero) is 1. The number of nitrogens with one attached hydrogen (secondary N) is 1. The topological polar surface area (TPSA) is 81.7 Å². The van der Waals surface area contributed by atoms with Crippen molar-refractivity contribution in [3.8, 4) is 0 Å². The summed E-state index contributed by atoms with van der Waals surface area (Å²) in [6.45, 7) is 5.99. The zero-order valence-corrected chi connectivity index (χ0v) is 23.3. The maximum Gasteiger partial charge on any atom is 0.336 e. The molecule has 0 bridgehead atoms. The lowest BCUT2D eigenvalue weighted by atomic mass is 9.68. The minimum atomic E-state index is -0.969. The molecule has 2 heterocycles. The summed E-state index contributed by atoms with van der Waals surface area (Å²) >= 11 is 3.16. The van der Waals surface area contributed by atoms with E-state index in [-0.39, 0.29) is 24.9 Å².